The summed E-state index contributed by atoms with van der Waals surface area (Å²) in [5, 5.41) is 55.2. The number of phenols is 1. The highest BCUT2D eigenvalue weighted by atomic mass is 16.4. The maximum Gasteiger partial charge on any atom is 0.255 e. The van der Waals surface area contributed by atoms with Crippen molar-refractivity contribution in [3.63, 3.8) is 0 Å². The Hall–Kier alpha value is -3.41. The number of aliphatic hydroxyl groups is 4. The molecule has 33 heavy (non-hydrogen) atoms. The van der Waals surface area contributed by atoms with Gasteiger partial charge >= 0.3 is 0 Å². The summed E-state index contributed by atoms with van der Waals surface area (Å²) in [5.74, 6) is -9.37. The lowest BCUT2D eigenvalue weighted by molar-refractivity contribution is -0.162. The van der Waals surface area contributed by atoms with Gasteiger partial charge in [0.05, 0.1) is 23.6 Å². The van der Waals surface area contributed by atoms with Gasteiger partial charge in [-0.25, -0.2) is 0 Å². The van der Waals surface area contributed by atoms with E-state index in [4.69, 9.17) is 11.5 Å². The molecule has 0 aliphatic heterocycles. The molecule has 0 radical (unpaired) electrons. The Balaban J connectivity index is 2.08. The van der Waals surface area contributed by atoms with Gasteiger partial charge in [0.15, 0.2) is 11.4 Å². The number of hydrogen-bond donors (Lipinski definition) is 7. The molecule has 1 aromatic carbocycles. The molecule has 0 spiro atoms. The second-order valence-corrected chi connectivity index (χ2v) is 9.01. The highest BCUT2D eigenvalue weighted by Crippen LogP contribution is 2.56. The maximum atomic E-state index is 13.4. The molecule has 0 unspecified atom stereocenters. The average Bonchev–Trinajstić information content (AvgIpc) is 2.72. The minimum Gasteiger partial charge on any atom is -0.510 e. The van der Waals surface area contributed by atoms with E-state index < -0.39 is 81.4 Å². The Labute approximate surface area is 188 Å². The van der Waals surface area contributed by atoms with Crippen molar-refractivity contribution in [3.8, 4) is 5.75 Å². The van der Waals surface area contributed by atoms with Crippen LogP contribution in [0.3, 0.4) is 0 Å². The number of amides is 1. The molecule has 0 fully saturated rings. The van der Waals surface area contributed by atoms with Gasteiger partial charge in [0, 0.05) is 17.2 Å². The summed E-state index contributed by atoms with van der Waals surface area (Å²) in [6.07, 6.45) is -1.65. The van der Waals surface area contributed by atoms with E-state index >= 15 is 0 Å². The van der Waals surface area contributed by atoms with Crippen LogP contribution in [-0.4, -0.2) is 79.7 Å². The van der Waals surface area contributed by atoms with Crippen molar-refractivity contribution in [3.05, 3.63) is 45.9 Å². The van der Waals surface area contributed by atoms with Crippen molar-refractivity contribution in [2.75, 3.05) is 19.8 Å². The van der Waals surface area contributed by atoms with Gasteiger partial charge in [0.25, 0.3) is 5.91 Å². The number of primary amides is 1. The zero-order chi connectivity index (χ0) is 24.7. The number of phenolic OH excluding ortho intramolecular Hbond substituents is 1. The van der Waals surface area contributed by atoms with Crippen LogP contribution in [0.4, 0.5) is 5.69 Å². The van der Waals surface area contributed by atoms with Crippen LogP contribution in [0.2, 0.25) is 0 Å². The van der Waals surface area contributed by atoms with Gasteiger partial charge in [-0.3, -0.25) is 19.3 Å². The molecule has 1 aromatic rings. The van der Waals surface area contributed by atoms with Gasteiger partial charge in [-0.1, -0.05) is 6.92 Å². The van der Waals surface area contributed by atoms with Crippen LogP contribution in [0.15, 0.2) is 34.8 Å². The summed E-state index contributed by atoms with van der Waals surface area (Å²) < 4.78 is 0. The van der Waals surface area contributed by atoms with Crippen LogP contribution in [0.25, 0.3) is 0 Å². The number of hydrogen-bond acceptors (Lipinski definition) is 10. The third kappa shape index (κ3) is 2.63. The summed E-state index contributed by atoms with van der Waals surface area (Å²) in [5.41, 5.74) is 7.21. The molecule has 0 saturated heterocycles. The lowest BCUT2D eigenvalue weighted by Gasteiger charge is -2.53. The lowest BCUT2D eigenvalue weighted by atomic mass is 9.55. The number of carbonyl (C=O) groups excluding carboxylic acids is 3. The van der Waals surface area contributed by atoms with Crippen LogP contribution in [0, 0.1) is 11.8 Å². The molecule has 176 valence electrons. The number of likely N-dealkylation sites (N-methyl/N-ethyl adjacent to an activating group) is 1. The fourth-order valence-electron chi connectivity index (χ4n) is 5.74. The molecular formula is C22H25N3O8. The van der Waals surface area contributed by atoms with Gasteiger partial charge in [-0.2, -0.15) is 0 Å². The predicted molar refractivity (Wildman–Crippen MR) is 114 cm³/mol. The molecule has 3 aliphatic carbocycles. The van der Waals surface area contributed by atoms with Crippen LogP contribution >= 0.6 is 0 Å². The Morgan fingerprint density at radius 3 is 2.30 bits per heavy atom. The average molecular weight is 459 g/mol. The first kappa shape index (κ1) is 22.8. The summed E-state index contributed by atoms with van der Waals surface area (Å²) >= 11 is 0. The molecule has 6 atom stereocenters. The molecule has 0 saturated carbocycles. The number of rotatable bonds is 2. The van der Waals surface area contributed by atoms with E-state index in [1.165, 1.54) is 31.1 Å². The predicted octanol–water partition coefficient (Wildman–Crippen LogP) is -0.765. The monoisotopic (exact) mass is 459 g/mol. The second-order valence-electron chi connectivity index (χ2n) is 9.01. The molecule has 3 aliphatic rings. The zero-order valence-corrected chi connectivity index (χ0v) is 18.1. The third-order valence-electron chi connectivity index (χ3n) is 7.14. The van der Waals surface area contributed by atoms with Crippen molar-refractivity contribution in [1.82, 2.24) is 4.90 Å². The number of ketones is 2. The van der Waals surface area contributed by atoms with Crippen molar-refractivity contribution >= 4 is 23.2 Å². The number of aliphatic hydroxyl groups excluding tert-OH is 3. The summed E-state index contributed by atoms with van der Waals surface area (Å²) in [6, 6.07) is 1.30. The fourth-order valence-corrected chi connectivity index (χ4v) is 5.74. The standard InChI is InChI=1S/C22H25N3O8/c1-6-9-7(23)4-5-8(26)11(9)16(27)12-10(6)17(28)14-15(25(2)3)18(29)13(21(24)32)20(31)22(14,33)19(12)30/h4-6,10,14-15,17,26,28-30,33H,23H2,1-3H3,(H2,24,32)/t6-,10+,14+,15-,17-,22-/m0/s1. The van der Waals surface area contributed by atoms with Crippen molar-refractivity contribution in [2.45, 2.75) is 30.6 Å². The van der Waals surface area contributed by atoms with Crippen molar-refractivity contribution in [1.29, 1.82) is 0 Å². The first-order valence-electron chi connectivity index (χ1n) is 10.2. The van der Waals surface area contributed by atoms with E-state index in [0.29, 0.717) is 0 Å². The Bertz CT molecular complexity index is 1190. The first-order chi connectivity index (χ1) is 15.3. The van der Waals surface area contributed by atoms with Gasteiger partial charge in [0.1, 0.15) is 22.8 Å². The summed E-state index contributed by atoms with van der Waals surface area (Å²) in [6.45, 7) is 1.62. The molecule has 0 heterocycles. The van der Waals surface area contributed by atoms with Gasteiger partial charge < -0.3 is 37.0 Å². The summed E-state index contributed by atoms with van der Waals surface area (Å²) in [7, 11) is 2.94. The lowest BCUT2D eigenvalue weighted by Crippen LogP contribution is -2.68. The van der Waals surface area contributed by atoms with Crippen molar-refractivity contribution in [2.24, 2.45) is 17.6 Å². The fraction of sp³-hybridized carbons (Fsp3) is 0.409. The normalized spacial score (nSPS) is 33.7. The van der Waals surface area contributed by atoms with Gasteiger partial charge in [-0.05, 0) is 37.7 Å². The van der Waals surface area contributed by atoms with E-state index in [2.05, 4.69) is 0 Å². The topological polar surface area (TPSA) is 208 Å². The third-order valence-corrected chi connectivity index (χ3v) is 7.14. The molecule has 11 nitrogen and oxygen atoms in total. The smallest absolute Gasteiger partial charge is 0.255 e. The number of aromatic hydroxyl groups is 1. The van der Waals surface area contributed by atoms with Crippen LogP contribution in [0.5, 0.6) is 5.75 Å². The Morgan fingerprint density at radius 1 is 1.15 bits per heavy atom. The minimum absolute atomic E-state index is 0.179. The number of fused-ring (bicyclic) bond motifs is 3. The molecular weight excluding hydrogens is 434 g/mol. The Morgan fingerprint density at radius 2 is 1.76 bits per heavy atom. The Kier molecular flexibility index (Phi) is 4.86. The highest BCUT2D eigenvalue weighted by Gasteiger charge is 2.67. The number of carbonyl (C=O) groups is 3. The first-order valence-corrected chi connectivity index (χ1v) is 10.2. The molecule has 9 N–H and O–H groups in total. The summed E-state index contributed by atoms with van der Waals surface area (Å²) in [4.78, 5) is 40.0. The maximum absolute atomic E-state index is 13.4. The van der Waals surface area contributed by atoms with Gasteiger partial charge in [0.2, 0.25) is 5.78 Å². The number of nitrogens with zero attached hydrogens (tertiary/aromatic N) is 1. The number of anilines is 1. The van der Waals surface area contributed by atoms with Gasteiger partial charge in [-0.15, -0.1) is 0 Å². The molecule has 4 rings (SSSR count). The minimum atomic E-state index is -2.93. The molecule has 0 bridgehead atoms. The number of benzene rings is 1. The van der Waals surface area contributed by atoms with Crippen LogP contribution in [-0.2, 0) is 9.59 Å². The molecule has 11 heteroatoms. The second kappa shape index (κ2) is 7.04. The SMILES string of the molecule is C[C@H]1c2c(N)ccc(O)c2C(=O)C2=C(O)[C@]3(O)C(=O)C(C(N)=O)=C(O)[C@@H](N(C)C)[C@@H]3[C@@H](O)[C@@H]21. The van der Waals surface area contributed by atoms with Crippen LogP contribution < -0.4 is 11.5 Å². The largest absolute Gasteiger partial charge is 0.510 e. The number of Topliss-reactive ketones (excluding diaryl/α,β-unsaturated/α-hetero) is 2. The van der Waals surface area contributed by atoms with Crippen LogP contribution in [0.1, 0.15) is 28.8 Å². The number of nitrogen functional groups attached to an aromatic ring is 1. The zero-order valence-electron chi connectivity index (χ0n) is 18.1. The highest BCUT2D eigenvalue weighted by molar-refractivity contribution is 6.25. The number of nitrogens with two attached hydrogens (primary N) is 2. The molecule has 0 aromatic heterocycles. The van der Waals surface area contributed by atoms with E-state index in [1.807, 2.05) is 0 Å². The van der Waals surface area contributed by atoms with E-state index in [1.54, 1.807) is 6.92 Å². The van der Waals surface area contributed by atoms with Crippen molar-refractivity contribution < 1.29 is 39.9 Å². The quantitative estimate of drug-likeness (QED) is 0.167. The van der Waals surface area contributed by atoms with E-state index in [9.17, 15) is 39.9 Å². The molecule has 1 amide bonds. The van der Waals surface area contributed by atoms with E-state index in [-0.39, 0.29) is 16.8 Å². The van der Waals surface area contributed by atoms with E-state index in [0.717, 1.165) is 0 Å².